The number of piperidine rings is 1. The Morgan fingerprint density at radius 3 is 2.48 bits per heavy atom. The number of carbonyl (C=O) groups excluding carboxylic acids is 4. The topological polar surface area (TPSA) is 100 Å². The number of hydrogen-bond donors (Lipinski definition) is 0. The van der Waals surface area contributed by atoms with Crippen molar-refractivity contribution in [2.24, 2.45) is 11.3 Å². The quantitative estimate of drug-likeness (QED) is 0.370. The lowest BCUT2D eigenvalue weighted by atomic mass is 9.69. The van der Waals surface area contributed by atoms with E-state index in [-0.39, 0.29) is 35.9 Å². The molecule has 0 unspecified atom stereocenters. The van der Waals surface area contributed by atoms with Crippen molar-refractivity contribution in [3.63, 3.8) is 0 Å². The molecule has 2 fully saturated rings. The Morgan fingerprint density at radius 1 is 1.02 bits per heavy atom. The van der Waals surface area contributed by atoms with E-state index in [1.807, 2.05) is 4.90 Å². The number of rotatable bonds is 7. The van der Waals surface area contributed by atoms with Crippen LogP contribution in [0, 0.1) is 11.3 Å². The predicted molar refractivity (Wildman–Crippen MR) is 148 cm³/mol. The average Bonchev–Trinajstić information content (AvgIpc) is 3.45. The second-order valence-corrected chi connectivity index (χ2v) is 11.5. The summed E-state index contributed by atoms with van der Waals surface area (Å²) in [7, 11) is 1.41. The lowest BCUT2D eigenvalue weighted by Gasteiger charge is -2.46. The molecule has 216 valence electrons. The number of piperazine rings is 1. The average molecular weight is 552 g/mol. The zero-order valence-corrected chi connectivity index (χ0v) is 23.6. The van der Waals surface area contributed by atoms with Crippen LogP contribution in [0.2, 0.25) is 0 Å². The maximum Gasteiger partial charge on any atom is 0.317 e. The second-order valence-electron chi connectivity index (χ2n) is 11.5. The van der Waals surface area contributed by atoms with Crippen molar-refractivity contribution in [3.8, 4) is 0 Å². The van der Waals surface area contributed by atoms with Crippen molar-refractivity contribution in [2.45, 2.75) is 70.6 Å². The third-order valence-corrected chi connectivity index (χ3v) is 9.08. The molecule has 3 heterocycles. The Labute approximate surface area is 236 Å². The number of ether oxygens (including phenoxy) is 1. The summed E-state index contributed by atoms with van der Waals surface area (Å²) in [5, 5.41) is 0. The van der Waals surface area contributed by atoms with Crippen LogP contribution in [-0.2, 0) is 19.1 Å². The van der Waals surface area contributed by atoms with E-state index in [9.17, 15) is 19.2 Å². The summed E-state index contributed by atoms with van der Waals surface area (Å²) in [6.45, 7) is 2.14. The van der Waals surface area contributed by atoms with Crippen LogP contribution in [0.3, 0.4) is 0 Å². The first-order valence-corrected chi connectivity index (χ1v) is 14.8. The van der Waals surface area contributed by atoms with Gasteiger partial charge in [-0.25, -0.2) is 0 Å². The molecule has 40 heavy (non-hydrogen) atoms. The third kappa shape index (κ3) is 5.74. The van der Waals surface area contributed by atoms with Crippen molar-refractivity contribution in [1.82, 2.24) is 14.7 Å². The lowest BCUT2D eigenvalue weighted by Crippen LogP contribution is -2.55. The number of fused-ring (bicyclic) bond motifs is 1. The molecule has 4 aliphatic rings. The first kappa shape index (κ1) is 28.2. The van der Waals surface area contributed by atoms with Crippen LogP contribution in [0.4, 0.5) is 0 Å². The smallest absolute Gasteiger partial charge is 0.317 e. The summed E-state index contributed by atoms with van der Waals surface area (Å²) in [6, 6.07) is 3.32. The highest BCUT2D eigenvalue weighted by atomic mass is 16.5. The molecule has 2 saturated heterocycles. The third-order valence-electron chi connectivity index (χ3n) is 9.08. The Bertz CT molecular complexity index is 1160. The minimum absolute atomic E-state index is 0.0518. The Balaban J connectivity index is 1.31. The number of likely N-dealkylation sites (tertiary alicyclic amines) is 1. The fourth-order valence-electron chi connectivity index (χ4n) is 6.87. The molecule has 9 nitrogen and oxygen atoms in total. The molecular formula is C31H41N3O6. The van der Waals surface area contributed by atoms with Crippen LogP contribution in [0.25, 0.3) is 0 Å². The van der Waals surface area contributed by atoms with Crippen molar-refractivity contribution < 1.29 is 28.3 Å². The van der Waals surface area contributed by atoms with E-state index < -0.39 is 11.3 Å². The summed E-state index contributed by atoms with van der Waals surface area (Å²) >= 11 is 0. The molecule has 0 aromatic carbocycles. The minimum Gasteiger partial charge on any atom is -0.468 e. The Hall–Kier alpha value is -3.36. The summed E-state index contributed by atoms with van der Waals surface area (Å²) in [4.78, 5) is 58.8. The first-order valence-electron chi connectivity index (χ1n) is 14.8. The molecule has 2 atom stereocenters. The van der Waals surface area contributed by atoms with Crippen LogP contribution in [0.1, 0.15) is 81.2 Å². The highest BCUT2D eigenvalue weighted by Crippen LogP contribution is 2.49. The van der Waals surface area contributed by atoms with E-state index in [2.05, 4.69) is 12.2 Å². The van der Waals surface area contributed by atoms with Crippen LogP contribution in [0.5, 0.6) is 0 Å². The van der Waals surface area contributed by atoms with E-state index in [1.54, 1.807) is 21.9 Å². The molecule has 0 radical (unpaired) electrons. The number of hydrogen-bond acceptors (Lipinski definition) is 6. The molecule has 0 bridgehead atoms. The summed E-state index contributed by atoms with van der Waals surface area (Å²) in [5.74, 6) is -0.973. The fraction of sp³-hybridized carbons (Fsp3) is 0.613. The van der Waals surface area contributed by atoms with Crippen LogP contribution < -0.4 is 0 Å². The van der Waals surface area contributed by atoms with E-state index in [0.29, 0.717) is 45.6 Å². The SMILES string of the molecule is COC(=O)[C@]12CCCCC=C1N(CCC1=CCCCC1)C(=O)[C@H](CC(=O)N1CCN(C(=O)c3ccco3)CC1)C2. The molecule has 5 rings (SSSR count). The van der Waals surface area contributed by atoms with Gasteiger partial charge in [-0.15, -0.1) is 0 Å². The minimum atomic E-state index is -0.904. The molecule has 0 spiro atoms. The molecule has 9 heteroatoms. The zero-order valence-electron chi connectivity index (χ0n) is 23.6. The molecule has 2 aliphatic heterocycles. The largest absolute Gasteiger partial charge is 0.468 e. The Morgan fingerprint density at radius 2 is 1.77 bits per heavy atom. The van der Waals surface area contributed by atoms with Crippen LogP contribution in [-0.4, -0.2) is 78.2 Å². The number of furan rings is 1. The number of methoxy groups -OCH3 is 1. The standard InChI is InChI=1S/C31H41N3O6/c1-39-30(38)31-14-7-3-6-12-26(31)34(15-13-23-9-4-2-5-10-23)28(36)24(22-31)21-27(35)32-16-18-33(19-17-32)29(37)25-11-8-20-40-25/h8-9,11-12,20,24H,2-7,10,13-19,21-22H2,1H3/t24-,31+/m1/s1. The number of carbonyl (C=O) groups is 4. The van der Waals surface area contributed by atoms with E-state index >= 15 is 0 Å². The molecule has 2 aliphatic carbocycles. The van der Waals surface area contributed by atoms with Gasteiger partial charge in [0.05, 0.1) is 13.4 Å². The van der Waals surface area contributed by atoms with Gasteiger partial charge in [-0.1, -0.05) is 24.1 Å². The lowest BCUT2D eigenvalue weighted by molar-refractivity contribution is -0.160. The van der Waals surface area contributed by atoms with Crippen molar-refractivity contribution in [1.29, 1.82) is 0 Å². The summed E-state index contributed by atoms with van der Waals surface area (Å²) in [5.41, 5.74) is 1.25. The summed E-state index contributed by atoms with van der Waals surface area (Å²) in [6.07, 6.45) is 14.8. The van der Waals surface area contributed by atoms with Gasteiger partial charge in [0.25, 0.3) is 5.91 Å². The second kappa shape index (κ2) is 12.4. The predicted octanol–water partition coefficient (Wildman–Crippen LogP) is 4.31. The van der Waals surface area contributed by atoms with Gasteiger partial charge in [-0.05, 0) is 69.9 Å². The number of esters is 1. The molecule has 0 N–H and O–H groups in total. The molecular weight excluding hydrogens is 510 g/mol. The van der Waals surface area contributed by atoms with Crippen molar-refractivity contribution in [2.75, 3.05) is 39.8 Å². The highest BCUT2D eigenvalue weighted by Gasteiger charge is 2.54. The number of amides is 3. The number of nitrogens with zero attached hydrogens (tertiary/aromatic N) is 3. The monoisotopic (exact) mass is 551 g/mol. The van der Waals surface area contributed by atoms with E-state index in [4.69, 9.17) is 9.15 Å². The van der Waals surface area contributed by atoms with Crippen LogP contribution in [0.15, 0.2) is 46.2 Å². The van der Waals surface area contributed by atoms with Gasteiger partial charge in [0.15, 0.2) is 5.76 Å². The first-order chi connectivity index (χ1) is 19.4. The van der Waals surface area contributed by atoms with Gasteiger partial charge < -0.3 is 23.9 Å². The molecule has 3 amide bonds. The maximum absolute atomic E-state index is 14.0. The summed E-state index contributed by atoms with van der Waals surface area (Å²) < 4.78 is 10.6. The van der Waals surface area contributed by atoms with Gasteiger partial charge in [0.1, 0.15) is 5.41 Å². The normalized spacial score (nSPS) is 25.5. The van der Waals surface area contributed by atoms with E-state index in [0.717, 1.165) is 44.2 Å². The highest BCUT2D eigenvalue weighted by molar-refractivity contribution is 5.93. The Kier molecular flexibility index (Phi) is 8.76. The van der Waals surface area contributed by atoms with Crippen LogP contribution >= 0.6 is 0 Å². The van der Waals surface area contributed by atoms with Gasteiger partial charge in [0.2, 0.25) is 11.8 Å². The van der Waals surface area contributed by atoms with Gasteiger partial charge >= 0.3 is 5.97 Å². The molecule has 1 aromatic rings. The fourth-order valence-corrected chi connectivity index (χ4v) is 6.87. The maximum atomic E-state index is 14.0. The number of allylic oxidation sites excluding steroid dienone is 2. The molecule has 1 aromatic heterocycles. The van der Waals surface area contributed by atoms with Crippen molar-refractivity contribution in [3.05, 3.63) is 47.6 Å². The van der Waals surface area contributed by atoms with Gasteiger partial charge in [0, 0.05) is 50.8 Å². The molecule has 0 saturated carbocycles. The van der Waals surface area contributed by atoms with Gasteiger partial charge in [-0.3, -0.25) is 19.2 Å². The zero-order chi connectivity index (χ0) is 28.1. The van der Waals surface area contributed by atoms with Crippen molar-refractivity contribution >= 4 is 23.7 Å². The van der Waals surface area contributed by atoms with Gasteiger partial charge in [-0.2, -0.15) is 0 Å². The van der Waals surface area contributed by atoms with E-state index in [1.165, 1.54) is 31.8 Å².